The van der Waals surface area contributed by atoms with Gasteiger partial charge in [0.1, 0.15) is 11.1 Å². The number of carbonyl (C=O) groups excluding carboxylic acids is 2. The fourth-order valence-corrected chi connectivity index (χ4v) is 3.71. The minimum Gasteiger partial charge on any atom is -0.364 e. The molecule has 4 rings (SSSR count). The largest absolute Gasteiger partial charge is 0.364 e. The Morgan fingerprint density at radius 2 is 1.97 bits per heavy atom. The highest BCUT2D eigenvalue weighted by atomic mass is 16.2. The van der Waals surface area contributed by atoms with Crippen LogP contribution in [-0.4, -0.2) is 45.1 Å². The van der Waals surface area contributed by atoms with Gasteiger partial charge in [0.2, 0.25) is 5.91 Å². The maximum absolute atomic E-state index is 12.4. The van der Waals surface area contributed by atoms with Crippen molar-refractivity contribution in [3.63, 3.8) is 0 Å². The number of rotatable bonds is 3. The molecule has 0 spiro atoms. The second kappa shape index (κ2) is 7.73. The van der Waals surface area contributed by atoms with Crippen molar-refractivity contribution in [3.05, 3.63) is 59.9 Å². The van der Waals surface area contributed by atoms with Gasteiger partial charge < -0.3 is 10.6 Å². The summed E-state index contributed by atoms with van der Waals surface area (Å²) in [7, 11) is 3.63. The van der Waals surface area contributed by atoms with E-state index < -0.39 is 11.3 Å². The molecule has 2 aromatic heterocycles. The second-order valence-electron chi connectivity index (χ2n) is 7.97. The van der Waals surface area contributed by atoms with Gasteiger partial charge in [-0.2, -0.15) is 5.10 Å². The highest BCUT2D eigenvalue weighted by Crippen LogP contribution is 2.30. The van der Waals surface area contributed by atoms with Crippen LogP contribution in [0.4, 0.5) is 0 Å². The molecule has 31 heavy (non-hydrogen) atoms. The maximum Gasteiger partial charge on any atom is 0.267 e. The first-order valence-corrected chi connectivity index (χ1v) is 9.96. The summed E-state index contributed by atoms with van der Waals surface area (Å²) in [6.07, 6.45) is 2.41. The van der Waals surface area contributed by atoms with Crippen LogP contribution < -0.4 is 5.73 Å². The molecule has 1 aliphatic heterocycles. The van der Waals surface area contributed by atoms with E-state index >= 15 is 0 Å². The standard InChI is InChI=1S/C24H23N5O2/c1-24(10-12-28(2)23(24)31)9-7-16-5-4-6-17(13-16)19-14-18(15-20(27-19)22(25)30)21-8-11-26-29(21)3/h4-6,8,11,13-15H,10,12H2,1-3H3,(H2,25,30)/t24-/m1/s1. The first-order valence-electron chi connectivity index (χ1n) is 9.96. The molecule has 0 unspecified atom stereocenters. The molecular formula is C24H23N5O2. The zero-order chi connectivity index (χ0) is 22.2. The zero-order valence-corrected chi connectivity index (χ0v) is 17.7. The number of likely N-dealkylation sites (tertiary alicyclic amines) is 1. The van der Waals surface area contributed by atoms with Gasteiger partial charge in [0.05, 0.1) is 11.4 Å². The molecule has 2 amide bonds. The second-order valence-corrected chi connectivity index (χ2v) is 7.97. The van der Waals surface area contributed by atoms with Gasteiger partial charge in [-0.3, -0.25) is 14.3 Å². The van der Waals surface area contributed by atoms with E-state index in [0.717, 1.165) is 22.4 Å². The normalized spacial score (nSPS) is 18.0. The van der Waals surface area contributed by atoms with Crippen molar-refractivity contribution in [2.75, 3.05) is 13.6 Å². The van der Waals surface area contributed by atoms with Crippen molar-refractivity contribution < 1.29 is 9.59 Å². The Bertz CT molecular complexity index is 1250. The average Bonchev–Trinajstić information content (AvgIpc) is 3.31. The minimum atomic E-state index is -0.665. The summed E-state index contributed by atoms with van der Waals surface area (Å²) >= 11 is 0. The van der Waals surface area contributed by atoms with E-state index in [1.165, 1.54) is 0 Å². The molecule has 7 heteroatoms. The number of hydrogen-bond donors (Lipinski definition) is 1. The van der Waals surface area contributed by atoms with Gasteiger partial charge in [-0.15, -0.1) is 0 Å². The monoisotopic (exact) mass is 413 g/mol. The van der Waals surface area contributed by atoms with Crippen LogP contribution in [0.1, 0.15) is 29.4 Å². The zero-order valence-electron chi connectivity index (χ0n) is 17.7. The molecule has 3 aromatic rings. The van der Waals surface area contributed by atoms with Crippen molar-refractivity contribution >= 4 is 11.8 Å². The molecule has 1 atom stereocenters. The number of aromatic nitrogens is 3. The molecule has 0 aliphatic carbocycles. The van der Waals surface area contributed by atoms with Gasteiger partial charge in [-0.25, -0.2) is 4.98 Å². The molecule has 1 fully saturated rings. The van der Waals surface area contributed by atoms with Crippen LogP contribution in [0.3, 0.4) is 0 Å². The summed E-state index contributed by atoms with van der Waals surface area (Å²) in [5.74, 6) is 5.75. The highest BCUT2D eigenvalue weighted by molar-refractivity contribution is 5.93. The van der Waals surface area contributed by atoms with E-state index in [4.69, 9.17) is 5.73 Å². The van der Waals surface area contributed by atoms with Crippen LogP contribution in [0.15, 0.2) is 48.7 Å². The van der Waals surface area contributed by atoms with E-state index in [-0.39, 0.29) is 11.6 Å². The van der Waals surface area contributed by atoms with E-state index in [2.05, 4.69) is 21.9 Å². The molecule has 0 saturated carbocycles. The fraction of sp³-hybridized carbons (Fsp3) is 0.250. The molecule has 0 radical (unpaired) electrons. The molecule has 1 aliphatic rings. The predicted octanol–water partition coefficient (Wildman–Crippen LogP) is 2.47. The fourth-order valence-electron chi connectivity index (χ4n) is 3.71. The van der Waals surface area contributed by atoms with Crippen LogP contribution in [0, 0.1) is 17.3 Å². The number of primary amides is 1. The Kier molecular flexibility index (Phi) is 5.07. The lowest BCUT2D eigenvalue weighted by molar-refractivity contribution is -0.131. The number of aryl methyl sites for hydroxylation is 1. The van der Waals surface area contributed by atoms with E-state index in [9.17, 15) is 9.59 Å². The number of carbonyl (C=O) groups is 2. The van der Waals surface area contributed by atoms with Crippen LogP contribution in [0.25, 0.3) is 22.5 Å². The quantitative estimate of drug-likeness (QED) is 0.668. The summed E-state index contributed by atoms with van der Waals surface area (Å²) < 4.78 is 1.72. The molecule has 1 aromatic carbocycles. The van der Waals surface area contributed by atoms with Crippen molar-refractivity contribution in [2.24, 2.45) is 18.2 Å². The lowest BCUT2D eigenvalue weighted by Crippen LogP contribution is -2.28. The summed E-state index contributed by atoms with van der Waals surface area (Å²) in [4.78, 5) is 30.4. The van der Waals surface area contributed by atoms with Gasteiger partial charge in [0, 0.05) is 43.5 Å². The number of nitrogens with zero attached hydrogens (tertiary/aromatic N) is 4. The minimum absolute atomic E-state index is 0.0489. The van der Waals surface area contributed by atoms with Crippen LogP contribution in [-0.2, 0) is 11.8 Å². The highest BCUT2D eigenvalue weighted by Gasteiger charge is 2.39. The lowest BCUT2D eigenvalue weighted by Gasteiger charge is -2.14. The number of benzene rings is 1. The van der Waals surface area contributed by atoms with Gasteiger partial charge >= 0.3 is 0 Å². The lowest BCUT2D eigenvalue weighted by atomic mass is 9.89. The SMILES string of the molecule is CN1CC[C@@](C)(C#Cc2cccc(-c3cc(-c4ccnn4C)cc(C(N)=O)n3)c2)C1=O. The summed E-state index contributed by atoms with van der Waals surface area (Å²) in [5.41, 5.74) is 8.87. The van der Waals surface area contributed by atoms with E-state index in [0.29, 0.717) is 18.7 Å². The Labute approximate surface area is 180 Å². The summed E-state index contributed by atoms with van der Waals surface area (Å²) in [5, 5.41) is 4.19. The predicted molar refractivity (Wildman–Crippen MR) is 118 cm³/mol. The van der Waals surface area contributed by atoms with Crippen molar-refractivity contribution in [2.45, 2.75) is 13.3 Å². The van der Waals surface area contributed by atoms with Gasteiger partial charge in [0.15, 0.2) is 0 Å². The number of pyridine rings is 1. The third-order valence-electron chi connectivity index (χ3n) is 5.60. The van der Waals surface area contributed by atoms with Crippen molar-refractivity contribution in [1.82, 2.24) is 19.7 Å². The van der Waals surface area contributed by atoms with Crippen molar-refractivity contribution in [3.8, 4) is 34.4 Å². The van der Waals surface area contributed by atoms with E-state index in [1.807, 2.05) is 50.4 Å². The van der Waals surface area contributed by atoms with Crippen LogP contribution in [0.2, 0.25) is 0 Å². The molecule has 2 N–H and O–H groups in total. The number of amides is 2. The number of hydrogen-bond acceptors (Lipinski definition) is 4. The molecule has 7 nitrogen and oxygen atoms in total. The Morgan fingerprint density at radius 1 is 1.16 bits per heavy atom. The summed E-state index contributed by atoms with van der Waals surface area (Å²) in [6, 6.07) is 13.0. The summed E-state index contributed by atoms with van der Waals surface area (Å²) in [6.45, 7) is 2.60. The van der Waals surface area contributed by atoms with Gasteiger partial charge in [-0.1, -0.05) is 24.0 Å². The van der Waals surface area contributed by atoms with Crippen LogP contribution >= 0.6 is 0 Å². The smallest absolute Gasteiger partial charge is 0.267 e. The third-order valence-corrected chi connectivity index (χ3v) is 5.60. The Balaban J connectivity index is 1.74. The van der Waals surface area contributed by atoms with Crippen LogP contribution in [0.5, 0.6) is 0 Å². The third kappa shape index (κ3) is 3.92. The molecule has 1 saturated heterocycles. The Hall–Kier alpha value is -3.92. The topological polar surface area (TPSA) is 94.1 Å². The van der Waals surface area contributed by atoms with E-state index in [1.54, 1.807) is 28.9 Å². The molecule has 3 heterocycles. The first-order chi connectivity index (χ1) is 14.8. The number of nitrogens with two attached hydrogens (primary N) is 1. The maximum atomic E-state index is 12.4. The van der Waals surface area contributed by atoms with Crippen molar-refractivity contribution in [1.29, 1.82) is 0 Å². The molecular weight excluding hydrogens is 390 g/mol. The first kappa shape index (κ1) is 20.4. The average molecular weight is 413 g/mol. The van der Waals surface area contributed by atoms with Gasteiger partial charge in [0.25, 0.3) is 5.91 Å². The molecule has 0 bridgehead atoms. The molecule has 156 valence electrons. The Morgan fingerprint density at radius 3 is 2.61 bits per heavy atom. The van der Waals surface area contributed by atoms with Gasteiger partial charge in [-0.05, 0) is 43.7 Å².